The topological polar surface area (TPSA) is 90.0 Å². The van der Waals surface area contributed by atoms with E-state index in [0.29, 0.717) is 39.3 Å². The van der Waals surface area contributed by atoms with Crippen LogP contribution in [0.15, 0.2) is 36.8 Å². The van der Waals surface area contributed by atoms with Crippen LogP contribution < -0.4 is 5.32 Å². The highest BCUT2D eigenvalue weighted by molar-refractivity contribution is 6.33. The second-order valence-corrected chi connectivity index (χ2v) is 9.15. The van der Waals surface area contributed by atoms with E-state index in [-0.39, 0.29) is 17.2 Å². The minimum Gasteiger partial charge on any atom is -0.324 e. The molecule has 4 aromatic heterocycles. The number of aryl methyl sites for hydroxylation is 1. The predicted molar refractivity (Wildman–Crippen MR) is 118 cm³/mol. The minimum absolute atomic E-state index is 0.144. The van der Waals surface area contributed by atoms with Crippen molar-refractivity contribution in [3.63, 3.8) is 0 Å². The van der Waals surface area contributed by atoms with Crippen LogP contribution in [0.1, 0.15) is 37.4 Å². The lowest BCUT2D eigenvalue weighted by Crippen LogP contribution is -2.21. The number of rotatable bonds is 3. The van der Waals surface area contributed by atoms with Crippen LogP contribution in [0.4, 0.5) is 5.69 Å². The van der Waals surface area contributed by atoms with E-state index >= 15 is 0 Å². The molecule has 0 spiro atoms. The smallest absolute Gasteiger partial charge is 0.232 e. The van der Waals surface area contributed by atoms with Crippen molar-refractivity contribution in [2.24, 2.45) is 7.05 Å². The van der Waals surface area contributed by atoms with Crippen molar-refractivity contribution in [1.29, 1.82) is 0 Å². The summed E-state index contributed by atoms with van der Waals surface area (Å²) in [4.78, 5) is 22.0. The molecule has 4 aromatic rings. The minimum atomic E-state index is -0.376. The molecular weight excluding hydrogens is 437 g/mol. The Labute approximate surface area is 188 Å². The summed E-state index contributed by atoms with van der Waals surface area (Å²) < 4.78 is 3.42. The summed E-state index contributed by atoms with van der Waals surface area (Å²) in [5.74, 6) is -0.520. The summed E-state index contributed by atoms with van der Waals surface area (Å²) >= 11 is 12.5. The first-order valence-corrected chi connectivity index (χ1v) is 10.5. The Hall–Kier alpha value is -2.97. The van der Waals surface area contributed by atoms with Crippen molar-refractivity contribution < 1.29 is 4.79 Å². The molecule has 10 heteroatoms. The predicted octanol–water partition coefficient (Wildman–Crippen LogP) is 4.24. The van der Waals surface area contributed by atoms with Crippen LogP contribution in [0.2, 0.25) is 10.2 Å². The van der Waals surface area contributed by atoms with Gasteiger partial charge in [0, 0.05) is 36.5 Å². The summed E-state index contributed by atoms with van der Waals surface area (Å²) in [7, 11) is 1.83. The van der Waals surface area contributed by atoms with Crippen molar-refractivity contribution in [1.82, 2.24) is 29.4 Å². The molecule has 158 valence electrons. The maximum atomic E-state index is 13.2. The lowest BCUT2D eigenvalue weighted by molar-refractivity contribution is -0.117. The molecule has 0 saturated carbocycles. The molecular formula is C21H19Cl2N7O. The third-order valence-electron chi connectivity index (χ3n) is 5.59. The van der Waals surface area contributed by atoms with E-state index in [2.05, 4.69) is 39.3 Å². The number of nitrogens with one attached hydrogen (secondary N) is 1. The molecule has 0 fully saturated rings. The Morgan fingerprint density at radius 1 is 1.19 bits per heavy atom. The van der Waals surface area contributed by atoms with Crippen molar-refractivity contribution >= 4 is 40.4 Å². The maximum Gasteiger partial charge on any atom is 0.232 e. The van der Waals surface area contributed by atoms with Crippen LogP contribution in [0.5, 0.6) is 0 Å². The zero-order chi connectivity index (χ0) is 21.9. The molecule has 0 bridgehead atoms. The second kappa shape index (κ2) is 7.03. The zero-order valence-electron chi connectivity index (χ0n) is 17.1. The van der Waals surface area contributed by atoms with Crippen LogP contribution in [-0.2, 0) is 17.3 Å². The van der Waals surface area contributed by atoms with Gasteiger partial charge in [0.2, 0.25) is 5.91 Å². The Morgan fingerprint density at radius 2 is 2.00 bits per heavy atom. The molecule has 1 unspecified atom stereocenters. The van der Waals surface area contributed by atoms with Gasteiger partial charge in [-0.2, -0.15) is 10.2 Å². The number of pyridine rings is 1. The van der Waals surface area contributed by atoms with Crippen molar-refractivity contribution in [2.75, 3.05) is 5.32 Å². The van der Waals surface area contributed by atoms with Gasteiger partial charge in [-0.1, -0.05) is 37.0 Å². The largest absolute Gasteiger partial charge is 0.324 e. The number of fused-ring (bicyclic) bond motifs is 3. The lowest BCUT2D eigenvalue weighted by Gasteiger charge is -2.19. The highest BCUT2D eigenvalue weighted by Gasteiger charge is 2.43. The summed E-state index contributed by atoms with van der Waals surface area (Å²) in [6.45, 7) is 4.18. The van der Waals surface area contributed by atoms with E-state index in [9.17, 15) is 4.79 Å². The average molecular weight is 456 g/mol. The first-order chi connectivity index (χ1) is 14.7. The molecule has 0 aromatic carbocycles. The number of halogens is 2. The number of nitrogens with zero attached hydrogens (tertiary/aromatic N) is 6. The summed E-state index contributed by atoms with van der Waals surface area (Å²) in [5.41, 5.74) is 3.95. The number of anilines is 1. The van der Waals surface area contributed by atoms with Gasteiger partial charge in [0.05, 0.1) is 28.5 Å². The van der Waals surface area contributed by atoms with Gasteiger partial charge in [-0.05, 0) is 18.6 Å². The van der Waals surface area contributed by atoms with Gasteiger partial charge in [0.1, 0.15) is 11.4 Å². The zero-order valence-corrected chi connectivity index (χ0v) is 18.6. The number of amides is 1. The Balaban J connectivity index is 1.44. The SMILES string of the molecule is Cn1ccc(-c2ncc(NC(=O)C3CC(C)(C)c4c3cnc3cc(Cl)nn43)cc2Cl)n1. The summed E-state index contributed by atoms with van der Waals surface area (Å²) in [6, 6.07) is 5.23. The van der Waals surface area contributed by atoms with Crippen LogP contribution in [-0.4, -0.2) is 35.3 Å². The Morgan fingerprint density at radius 3 is 2.71 bits per heavy atom. The lowest BCUT2D eigenvalue weighted by atomic mass is 9.88. The first-order valence-electron chi connectivity index (χ1n) is 9.74. The Kier molecular flexibility index (Phi) is 4.53. The van der Waals surface area contributed by atoms with E-state index in [4.69, 9.17) is 23.2 Å². The summed E-state index contributed by atoms with van der Waals surface area (Å²) in [6.07, 6.45) is 5.78. The number of hydrogen-bond donors (Lipinski definition) is 1. The van der Waals surface area contributed by atoms with E-state index < -0.39 is 0 Å². The quantitative estimate of drug-likeness (QED) is 0.498. The van der Waals surface area contributed by atoms with Crippen LogP contribution in [0, 0.1) is 0 Å². The molecule has 1 amide bonds. The van der Waals surface area contributed by atoms with Gasteiger partial charge >= 0.3 is 0 Å². The second-order valence-electron chi connectivity index (χ2n) is 8.36. The number of aromatic nitrogens is 6. The first kappa shape index (κ1) is 20.0. The molecule has 0 aliphatic heterocycles. The van der Waals surface area contributed by atoms with E-state index in [1.807, 2.05) is 19.3 Å². The maximum absolute atomic E-state index is 13.2. The van der Waals surface area contributed by atoms with Gasteiger partial charge in [-0.15, -0.1) is 0 Å². The van der Waals surface area contributed by atoms with Gasteiger partial charge in [0.15, 0.2) is 10.8 Å². The highest BCUT2D eigenvalue weighted by atomic mass is 35.5. The fourth-order valence-corrected chi connectivity index (χ4v) is 4.70. The third kappa shape index (κ3) is 3.36. The molecule has 1 N–H and O–H groups in total. The number of hydrogen-bond acceptors (Lipinski definition) is 5. The highest BCUT2D eigenvalue weighted by Crippen LogP contribution is 2.46. The normalized spacial score (nSPS) is 17.1. The third-order valence-corrected chi connectivity index (χ3v) is 6.07. The van der Waals surface area contributed by atoms with Gasteiger partial charge in [-0.25, -0.2) is 9.50 Å². The molecule has 0 saturated heterocycles. The van der Waals surface area contributed by atoms with Crippen molar-refractivity contribution in [3.05, 3.63) is 58.2 Å². The van der Waals surface area contributed by atoms with E-state index in [0.717, 1.165) is 11.3 Å². The van der Waals surface area contributed by atoms with Crippen LogP contribution in [0.3, 0.4) is 0 Å². The van der Waals surface area contributed by atoms with Crippen molar-refractivity contribution in [3.8, 4) is 11.4 Å². The average Bonchev–Trinajstić information content (AvgIpc) is 3.36. The number of carbonyl (C=O) groups excluding carboxylic acids is 1. The van der Waals surface area contributed by atoms with Crippen LogP contribution >= 0.6 is 23.2 Å². The van der Waals surface area contributed by atoms with Gasteiger partial charge in [-0.3, -0.25) is 14.5 Å². The van der Waals surface area contributed by atoms with E-state index in [1.165, 1.54) is 0 Å². The fourth-order valence-electron chi connectivity index (χ4n) is 4.27. The molecule has 1 atom stereocenters. The van der Waals surface area contributed by atoms with Crippen LogP contribution in [0.25, 0.3) is 17.0 Å². The van der Waals surface area contributed by atoms with Gasteiger partial charge in [0.25, 0.3) is 0 Å². The molecule has 31 heavy (non-hydrogen) atoms. The molecule has 8 nitrogen and oxygen atoms in total. The molecule has 1 aliphatic carbocycles. The van der Waals surface area contributed by atoms with E-state index in [1.54, 1.807) is 33.7 Å². The molecule has 5 rings (SSSR count). The molecule has 1 aliphatic rings. The molecule has 0 radical (unpaired) electrons. The van der Waals surface area contributed by atoms with Crippen molar-refractivity contribution in [2.45, 2.75) is 31.6 Å². The Bertz CT molecular complexity index is 1340. The monoisotopic (exact) mass is 455 g/mol. The summed E-state index contributed by atoms with van der Waals surface area (Å²) in [5, 5.41) is 12.4. The number of carbonyl (C=O) groups is 1. The van der Waals surface area contributed by atoms with Gasteiger partial charge < -0.3 is 5.32 Å². The standard InChI is InChI=1S/C21H19Cl2N7O/c1-21(2)8-12(13-10-24-17-7-16(23)28-30(17)19(13)21)20(31)26-11-6-14(22)18(25-9-11)15-4-5-29(3)27-15/h4-7,9-10,12H,8H2,1-3H3,(H,26,31). The molecule has 4 heterocycles. The fraction of sp³-hybridized carbons (Fsp3) is 0.286.